The first-order valence-electron chi connectivity index (χ1n) is 5.40. The van der Waals surface area contributed by atoms with Crippen LogP contribution in [0.3, 0.4) is 0 Å². The first-order valence-corrected chi connectivity index (χ1v) is 6.19. The lowest BCUT2D eigenvalue weighted by Crippen LogP contribution is -2.32. The molecule has 0 aliphatic carbocycles. The third kappa shape index (κ3) is 3.03. The van der Waals surface area contributed by atoms with Crippen LogP contribution in [-0.2, 0) is 4.74 Å². The van der Waals surface area contributed by atoms with Gasteiger partial charge in [-0.05, 0) is 41.5 Å². The summed E-state index contributed by atoms with van der Waals surface area (Å²) in [5.41, 5.74) is 0.00979. The molecule has 0 fully saturated rings. The Balaban J connectivity index is 3.24. The zero-order valence-electron chi connectivity index (χ0n) is 10.1. The average Bonchev–Trinajstić information content (AvgIpc) is 2.33. The van der Waals surface area contributed by atoms with Gasteiger partial charge in [-0.2, -0.15) is 0 Å². The Morgan fingerprint density at radius 3 is 2.53 bits per heavy atom. The van der Waals surface area contributed by atoms with Crippen LogP contribution in [0.2, 0.25) is 0 Å². The summed E-state index contributed by atoms with van der Waals surface area (Å²) in [5, 5.41) is 2.90. The summed E-state index contributed by atoms with van der Waals surface area (Å²) < 4.78 is 33.2. The van der Waals surface area contributed by atoms with Crippen LogP contribution in [-0.4, -0.2) is 20.3 Å². The molecule has 0 aromatic heterocycles. The van der Waals surface area contributed by atoms with Crippen LogP contribution in [0.4, 0.5) is 8.78 Å². The van der Waals surface area contributed by atoms with Gasteiger partial charge in [-0.1, -0.05) is 6.92 Å². The van der Waals surface area contributed by atoms with Crippen LogP contribution in [0.1, 0.15) is 24.9 Å². The summed E-state index contributed by atoms with van der Waals surface area (Å²) in [7, 11) is 3.19. The Hall–Kier alpha value is -0.520. The van der Waals surface area contributed by atoms with Gasteiger partial charge in [-0.3, -0.25) is 0 Å². The standard InChI is InChI=1S/C12H16BrF2NO/c1-4-9(17-3)12(16-2)10-8(14)6-5-7(13)11(10)15/h5-6,9,12,16H,4H2,1-3H3. The smallest absolute Gasteiger partial charge is 0.145 e. The highest BCUT2D eigenvalue weighted by atomic mass is 79.9. The number of nitrogens with one attached hydrogen (secondary N) is 1. The number of rotatable bonds is 5. The molecule has 2 atom stereocenters. The van der Waals surface area contributed by atoms with Gasteiger partial charge in [0.15, 0.2) is 0 Å². The van der Waals surface area contributed by atoms with E-state index in [1.807, 2.05) is 6.92 Å². The highest BCUT2D eigenvalue weighted by molar-refractivity contribution is 9.10. The van der Waals surface area contributed by atoms with Gasteiger partial charge in [0.1, 0.15) is 11.6 Å². The fraction of sp³-hybridized carbons (Fsp3) is 0.500. The molecule has 1 aromatic rings. The van der Waals surface area contributed by atoms with Gasteiger partial charge in [-0.15, -0.1) is 0 Å². The van der Waals surface area contributed by atoms with E-state index in [9.17, 15) is 8.78 Å². The molecule has 0 amide bonds. The van der Waals surface area contributed by atoms with Crippen molar-refractivity contribution in [2.75, 3.05) is 14.2 Å². The molecule has 0 spiro atoms. The zero-order chi connectivity index (χ0) is 13.0. The average molecular weight is 308 g/mol. The van der Waals surface area contributed by atoms with Crippen molar-refractivity contribution in [3.8, 4) is 0 Å². The second-order valence-corrected chi connectivity index (χ2v) is 4.56. The third-order valence-corrected chi connectivity index (χ3v) is 3.39. The molecule has 5 heteroatoms. The molecular formula is C12H16BrF2NO. The molecule has 96 valence electrons. The van der Waals surface area contributed by atoms with Gasteiger partial charge in [-0.25, -0.2) is 8.78 Å². The Labute approximate surface area is 108 Å². The van der Waals surface area contributed by atoms with Crippen molar-refractivity contribution in [2.24, 2.45) is 0 Å². The van der Waals surface area contributed by atoms with E-state index in [2.05, 4.69) is 21.2 Å². The number of hydrogen-bond donors (Lipinski definition) is 1. The van der Waals surface area contributed by atoms with Crippen LogP contribution < -0.4 is 5.32 Å². The SMILES string of the molecule is CCC(OC)C(NC)c1c(F)ccc(Br)c1F. The maximum absolute atomic E-state index is 14.0. The molecule has 0 bridgehead atoms. The molecule has 0 aliphatic rings. The van der Waals surface area contributed by atoms with E-state index in [0.717, 1.165) is 0 Å². The maximum Gasteiger partial charge on any atom is 0.145 e. The van der Waals surface area contributed by atoms with Gasteiger partial charge in [0.2, 0.25) is 0 Å². The fourth-order valence-electron chi connectivity index (χ4n) is 1.88. The number of hydrogen-bond acceptors (Lipinski definition) is 2. The van der Waals surface area contributed by atoms with E-state index < -0.39 is 17.7 Å². The predicted octanol–water partition coefficient (Wildman–Crippen LogP) is 3.41. The number of methoxy groups -OCH3 is 1. The highest BCUT2D eigenvalue weighted by Gasteiger charge is 2.27. The van der Waals surface area contributed by atoms with Crippen molar-refractivity contribution in [3.05, 3.63) is 33.8 Å². The van der Waals surface area contributed by atoms with Crippen molar-refractivity contribution in [3.63, 3.8) is 0 Å². The topological polar surface area (TPSA) is 21.3 Å². The quantitative estimate of drug-likeness (QED) is 0.842. The summed E-state index contributed by atoms with van der Waals surface area (Å²) >= 11 is 3.06. The molecule has 0 heterocycles. The second-order valence-electron chi connectivity index (χ2n) is 3.71. The Morgan fingerprint density at radius 2 is 2.06 bits per heavy atom. The lowest BCUT2D eigenvalue weighted by atomic mass is 9.98. The molecule has 2 nitrogen and oxygen atoms in total. The number of halogens is 3. The molecule has 0 saturated heterocycles. The summed E-state index contributed by atoms with van der Waals surface area (Å²) in [6.07, 6.45) is 0.381. The number of likely N-dealkylation sites (N-methyl/N-ethyl adjacent to an activating group) is 1. The van der Waals surface area contributed by atoms with Crippen molar-refractivity contribution >= 4 is 15.9 Å². The number of benzene rings is 1. The van der Waals surface area contributed by atoms with E-state index in [1.54, 1.807) is 7.05 Å². The van der Waals surface area contributed by atoms with Gasteiger partial charge in [0, 0.05) is 12.7 Å². The monoisotopic (exact) mass is 307 g/mol. The van der Waals surface area contributed by atoms with E-state index >= 15 is 0 Å². The maximum atomic E-state index is 14.0. The van der Waals surface area contributed by atoms with Crippen LogP contribution >= 0.6 is 15.9 Å². The lowest BCUT2D eigenvalue weighted by Gasteiger charge is -2.26. The summed E-state index contributed by atoms with van der Waals surface area (Å²) in [4.78, 5) is 0. The van der Waals surface area contributed by atoms with Crippen molar-refractivity contribution in [1.29, 1.82) is 0 Å². The van der Waals surface area contributed by atoms with Gasteiger partial charge in [0.05, 0.1) is 16.6 Å². The lowest BCUT2D eigenvalue weighted by molar-refractivity contribution is 0.0651. The minimum atomic E-state index is -0.583. The van der Waals surface area contributed by atoms with Crippen LogP contribution in [0.5, 0.6) is 0 Å². The second kappa shape index (κ2) is 6.42. The normalized spacial score (nSPS) is 14.7. The van der Waals surface area contributed by atoms with E-state index in [4.69, 9.17) is 4.74 Å². The Bertz CT molecular complexity index is 383. The first kappa shape index (κ1) is 14.5. The van der Waals surface area contributed by atoms with Crippen LogP contribution in [0, 0.1) is 11.6 Å². The molecule has 1 aromatic carbocycles. The molecule has 2 unspecified atom stereocenters. The Morgan fingerprint density at radius 1 is 1.41 bits per heavy atom. The summed E-state index contributed by atoms with van der Waals surface area (Å²) in [6, 6.07) is 2.09. The minimum absolute atomic E-state index is 0.00979. The molecular weight excluding hydrogens is 292 g/mol. The molecule has 0 aliphatic heterocycles. The van der Waals surface area contributed by atoms with E-state index in [0.29, 0.717) is 6.42 Å². The predicted molar refractivity (Wildman–Crippen MR) is 66.9 cm³/mol. The van der Waals surface area contributed by atoms with Crippen LogP contribution in [0.25, 0.3) is 0 Å². The van der Waals surface area contributed by atoms with Crippen molar-refractivity contribution in [1.82, 2.24) is 5.32 Å². The Kier molecular flexibility index (Phi) is 5.49. The third-order valence-electron chi connectivity index (χ3n) is 2.78. The number of ether oxygens (including phenoxy) is 1. The van der Waals surface area contributed by atoms with Crippen molar-refractivity contribution in [2.45, 2.75) is 25.5 Å². The summed E-state index contributed by atoms with van der Waals surface area (Å²) in [5.74, 6) is -1.15. The van der Waals surface area contributed by atoms with E-state index in [1.165, 1.54) is 19.2 Å². The van der Waals surface area contributed by atoms with Gasteiger partial charge >= 0.3 is 0 Å². The van der Waals surface area contributed by atoms with Gasteiger partial charge < -0.3 is 10.1 Å². The zero-order valence-corrected chi connectivity index (χ0v) is 11.6. The summed E-state index contributed by atoms with van der Waals surface area (Å²) in [6.45, 7) is 1.91. The molecule has 1 rings (SSSR count). The van der Waals surface area contributed by atoms with E-state index in [-0.39, 0.29) is 16.1 Å². The molecule has 17 heavy (non-hydrogen) atoms. The highest BCUT2D eigenvalue weighted by Crippen LogP contribution is 2.30. The van der Waals surface area contributed by atoms with Crippen LogP contribution in [0.15, 0.2) is 16.6 Å². The largest absolute Gasteiger partial charge is 0.379 e. The minimum Gasteiger partial charge on any atom is -0.379 e. The molecule has 0 radical (unpaired) electrons. The first-order chi connectivity index (χ1) is 8.06. The fourth-order valence-corrected chi connectivity index (χ4v) is 2.23. The molecule has 0 saturated carbocycles. The van der Waals surface area contributed by atoms with Crippen molar-refractivity contribution < 1.29 is 13.5 Å². The molecule has 1 N–H and O–H groups in total. The van der Waals surface area contributed by atoms with Gasteiger partial charge in [0.25, 0.3) is 0 Å².